The topological polar surface area (TPSA) is 66.5 Å². The number of amides is 1. The molecule has 2 aromatic carbocycles. The fourth-order valence-electron chi connectivity index (χ4n) is 4.91. The van der Waals surface area contributed by atoms with Crippen LogP contribution in [-0.2, 0) is 21.4 Å². The molecule has 2 aliphatic rings. The number of carbonyl (C=O) groups is 1. The number of nitrogens with one attached hydrogen (secondary N) is 1. The number of nitrogens with zero attached hydrogens (tertiary/aromatic N) is 1. The van der Waals surface area contributed by atoms with Crippen LogP contribution >= 0.6 is 11.6 Å². The van der Waals surface area contributed by atoms with Crippen LogP contribution in [0.4, 0.5) is 0 Å². The molecule has 32 heavy (non-hydrogen) atoms. The highest BCUT2D eigenvalue weighted by atomic mass is 35.5. The lowest BCUT2D eigenvalue weighted by molar-refractivity contribution is -0.131. The van der Waals surface area contributed by atoms with Crippen molar-refractivity contribution in [3.63, 3.8) is 0 Å². The summed E-state index contributed by atoms with van der Waals surface area (Å²) >= 11 is 6.07. The predicted molar refractivity (Wildman–Crippen MR) is 128 cm³/mol. The summed E-state index contributed by atoms with van der Waals surface area (Å²) in [7, 11) is -3.71. The molecule has 1 N–H and O–H groups in total. The number of rotatable bonds is 6. The Morgan fingerprint density at radius 1 is 1.00 bits per heavy atom. The lowest BCUT2D eigenvalue weighted by Gasteiger charge is -2.37. The number of hydrogen-bond acceptors (Lipinski definition) is 3. The minimum absolute atomic E-state index is 0.00654. The molecule has 2 aromatic rings. The van der Waals surface area contributed by atoms with Crippen LogP contribution in [0.25, 0.3) is 4.91 Å². The van der Waals surface area contributed by atoms with Crippen molar-refractivity contribution >= 4 is 32.4 Å². The summed E-state index contributed by atoms with van der Waals surface area (Å²) in [5.41, 5.74) is 1.81. The summed E-state index contributed by atoms with van der Waals surface area (Å²) in [5.74, 6) is 0.00654. The smallest absolute Gasteiger partial charge is 0.242 e. The third-order valence-corrected chi connectivity index (χ3v) is 8.42. The molecule has 1 saturated carbocycles. The van der Waals surface area contributed by atoms with Gasteiger partial charge in [-0.3, -0.25) is 4.79 Å². The SMILES string of the molecule is CCC(=O)N(CC1=C(c2ccc(Cl)cc2)S(=O)(=O)NC12CCCCC2)Cc1ccccc1. The van der Waals surface area contributed by atoms with Crippen LogP contribution in [0.1, 0.15) is 56.6 Å². The molecule has 0 atom stereocenters. The number of sulfonamides is 1. The van der Waals surface area contributed by atoms with E-state index >= 15 is 0 Å². The van der Waals surface area contributed by atoms with Crippen LogP contribution in [0.2, 0.25) is 5.02 Å². The van der Waals surface area contributed by atoms with Gasteiger partial charge in [-0.15, -0.1) is 0 Å². The van der Waals surface area contributed by atoms with Crippen molar-refractivity contribution in [2.45, 2.75) is 57.5 Å². The summed E-state index contributed by atoms with van der Waals surface area (Å²) in [6.45, 7) is 2.57. The highest BCUT2D eigenvalue weighted by Crippen LogP contribution is 2.46. The van der Waals surface area contributed by atoms with Crippen molar-refractivity contribution in [1.29, 1.82) is 0 Å². The zero-order chi connectivity index (χ0) is 22.8. The molecule has 4 rings (SSSR count). The molecule has 0 aromatic heterocycles. The summed E-state index contributed by atoms with van der Waals surface area (Å²) in [6, 6.07) is 16.8. The van der Waals surface area contributed by atoms with Gasteiger partial charge in [-0.2, -0.15) is 0 Å². The molecule has 1 fully saturated rings. The van der Waals surface area contributed by atoms with E-state index in [1.165, 1.54) is 0 Å². The van der Waals surface area contributed by atoms with Crippen molar-refractivity contribution in [2.24, 2.45) is 0 Å². The second-order valence-corrected chi connectivity index (χ2v) is 10.7. The molecular weight excluding hydrogens is 444 g/mol. The Kier molecular flexibility index (Phi) is 6.75. The van der Waals surface area contributed by atoms with E-state index in [-0.39, 0.29) is 12.5 Å². The molecule has 0 saturated heterocycles. The molecule has 1 heterocycles. The van der Waals surface area contributed by atoms with Crippen LogP contribution in [0, 0.1) is 0 Å². The van der Waals surface area contributed by atoms with Gasteiger partial charge in [0.1, 0.15) is 0 Å². The highest BCUT2D eigenvalue weighted by molar-refractivity contribution is 7.99. The quantitative estimate of drug-likeness (QED) is 0.634. The molecule has 1 amide bonds. The zero-order valence-electron chi connectivity index (χ0n) is 18.3. The average molecular weight is 473 g/mol. The van der Waals surface area contributed by atoms with Gasteiger partial charge in [0.15, 0.2) is 0 Å². The summed E-state index contributed by atoms with van der Waals surface area (Å²) in [4.78, 5) is 15.0. The van der Waals surface area contributed by atoms with E-state index in [0.29, 0.717) is 28.5 Å². The maximum atomic E-state index is 13.4. The molecule has 0 unspecified atom stereocenters. The second-order valence-electron chi connectivity index (χ2n) is 8.65. The van der Waals surface area contributed by atoms with Crippen molar-refractivity contribution in [3.8, 4) is 0 Å². The van der Waals surface area contributed by atoms with Crippen LogP contribution in [-0.4, -0.2) is 31.3 Å². The fourth-order valence-corrected chi connectivity index (χ4v) is 7.01. The first-order valence-electron chi connectivity index (χ1n) is 11.2. The Morgan fingerprint density at radius 2 is 1.66 bits per heavy atom. The lowest BCUT2D eigenvalue weighted by Crippen LogP contribution is -2.48. The molecule has 1 aliphatic carbocycles. The monoisotopic (exact) mass is 472 g/mol. The van der Waals surface area contributed by atoms with Gasteiger partial charge in [0.25, 0.3) is 0 Å². The molecule has 0 radical (unpaired) electrons. The largest absolute Gasteiger partial charge is 0.334 e. The number of halogens is 1. The van der Waals surface area contributed by atoms with Gasteiger partial charge in [-0.1, -0.05) is 80.3 Å². The Bertz CT molecular complexity index is 1110. The van der Waals surface area contributed by atoms with Crippen LogP contribution in [0.15, 0.2) is 60.2 Å². The van der Waals surface area contributed by atoms with Crippen molar-refractivity contribution in [1.82, 2.24) is 9.62 Å². The molecule has 170 valence electrons. The van der Waals surface area contributed by atoms with E-state index in [0.717, 1.165) is 43.2 Å². The van der Waals surface area contributed by atoms with Gasteiger partial charge < -0.3 is 4.90 Å². The first-order chi connectivity index (χ1) is 15.3. The zero-order valence-corrected chi connectivity index (χ0v) is 19.9. The van der Waals surface area contributed by atoms with E-state index in [4.69, 9.17) is 11.6 Å². The Balaban J connectivity index is 1.82. The third-order valence-electron chi connectivity index (χ3n) is 6.48. The Labute approximate surface area is 195 Å². The average Bonchev–Trinajstić information content (AvgIpc) is 3.00. The summed E-state index contributed by atoms with van der Waals surface area (Å²) in [6.07, 6.45) is 4.87. The van der Waals surface area contributed by atoms with Crippen LogP contribution in [0.3, 0.4) is 0 Å². The van der Waals surface area contributed by atoms with E-state index < -0.39 is 15.6 Å². The van der Waals surface area contributed by atoms with Crippen molar-refractivity contribution < 1.29 is 13.2 Å². The standard InChI is InChI=1S/C25H29ClN2O3S/c1-2-23(29)28(17-19-9-5-3-6-10-19)18-22-24(20-11-13-21(26)14-12-20)32(30,31)27-25(22)15-7-4-8-16-25/h3,5-6,9-14,27H,2,4,7-8,15-18H2,1H3. The first kappa shape index (κ1) is 23.0. The van der Waals surface area contributed by atoms with Gasteiger partial charge in [0.2, 0.25) is 15.9 Å². The normalized spacial score (nSPS) is 19.3. The highest BCUT2D eigenvalue weighted by Gasteiger charge is 2.49. The molecular formula is C25H29ClN2O3S. The van der Waals surface area contributed by atoms with Gasteiger partial charge in [-0.05, 0) is 41.7 Å². The van der Waals surface area contributed by atoms with Gasteiger partial charge in [0, 0.05) is 24.5 Å². The Hall–Kier alpha value is -2.15. The van der Waals surface area contributed by atoms with E-state index in [1.807, 2.05) is 37.3 Å². The number of carbonyl (C=O) groups excluding carboxylic acids is 1. The molecule has 0 bridgehead atoms. The number of hydrogen-bond donors (Lipinski definition) is 1. The lowest BCUT2D eigenvalue weighted by atomic mass is 9.76. The summed E-state index contributed by atoms with van der Waals surface area (Å²) < 4.78 is 29.8. The molecule has 1 aliphatic heterocycles. The molecule has 5 nitrogen and oxygen atoms in total. The van der Waals surface area contributed by atoms with E-state index in [2.05, 4.69) is 4.72 Å². The summed E-state index contributed by atoms with van der Waals surface area (Å²) in [5, 5.41) is 0.554. The second kappa shape index (κ2) is 9.38. The maximum Gasteiger partial charge on any atom is 0.242 e. The first-order valence-corrected chi connectivity index (χ1v) is 13.1. The third kappa shape index (κ3) is 4.63. The van der Waals surface area contributed by atoms with Gasteiger partial charge in [-0.25, -0.2) is 13.1 Å². The minimum atomic E-state index is -3.71. The Morgan fingerprint density at radius 3 is 2.28 bits per heavy atom. The van der Waals surface area contributed by atoms with E-state index in [9.17, 15) is 13.2 Å². The molecule has 1 spiro atoms. The van der Waals surface area contributed by atoms with Gasteiger partial charge >= 0.3 is 0 Å². The van der Waals surface area contributed by atoms with Crippen LogP contribution < -0.4 is 4.72 Å². The van der Waals surface area contributed by atoms with Crippen molar-refractivity contribution in [3.05, 3.63) is 76.3 Å². The fraction of sp³-hybridized carbons (Fsp3) is 0.400. The van der Waals surface area contributed by atoms with Gasteiger partial charge in [0.05, 0.1) is 10.4 Å². The predicted octanol–water partition coefficient (Wildman–Crippen LogP) is 5.13. The number of benzene rings is 2. The van der Waals surface area contributed by atoms with Crippen LogP contribution in [0.5, 0.6) is 0 Å². The minimum Gasteiger partial charge on any atom is -0.334 e. The molecule has 7 heteroatoms. The maximum absolute atomic E-state index is 13.4. The van der Waals surface area contributed by atoms with Crippen molar-refractivity contribution in [2.75, 3.05) is 6.54 Å². The van der Waals surface area contributed by atoms with E-state index in [1.54, 1.807) is 29.2 Å².